The summed E-state index contributed by atoms with van der Waals surface area (Å²) >= 11 is 0. The highest BCUT2D eigenvalue weighted by atomic mass is 19.1. The standard InChI is InChI=1S/C32H40FN7O3/c1-36-9-15-39(16-10-36)29-21-28-26(20-27(29)33)32(43)40-8-2-3-24(31(40)35-28)19-23-4-6-25(7-5-23)34-30(42)22-38-13-11-37(12-14-38)17-18-41/h4-7,19-21,41H,2-3,8-18,22H2,1H3,(H,34,42)/b24-19+. The number of nitrogens with one attached hydrogen (secondary N) is 1. The lowest BCUT2D eigenvalue weighted by molar-refractivity contribution is -0.117. The Bertz CT molecular complexity index is 1560. The second kappa shape index (κ2) is 12.9. The second-order valence-electron chi connectivity index (χ2n) is 11.8. The number of hydrogen-bond acceptors (Lipinski definition) is 8. The van der Waals surface area contributed by atoms with Crippen molar-refractivity contribution in [3.05, 3.63) is 64.0 Å². The molecule has 0 spiro atoms. The number of β-amino-alcohol motifs (C(OH)–C–C–N with tert-alkyl or cyclic N) is 1. The number of rotatable bonds is 7. The highest BCUT2D eigenvalue weighted by Crippen LogP contribution is 2.30. The van der Waals surface area contributed by atoms with Gasteiger partial charge in [-0.1, -0.05) is 12.1 Å². The zero-order valence-electron chi connectivity index (χ0n) is 24.8. The molecule has 3 aromatic rings. The molecule has 10 nitrogen and oxygen atoms in total. The van der Waals surface area contributed by atoms with Crippen molar-refractivity contribution in [3.63, 3.8) is 0 Å². The second-order valence-corrected chi connectivity index (χ2v) is 11.8. The largest absolute Gasteiger partial charge is 0.395 e. The molecule has 0 atom stereocenters. The molecule has 1 amide bonds. The number of benzene rings is 2. The first-order chi connectivity index (χ1) is 20.9. The number of hydrogen-bond donors (Lipinski definition) is 2. The van der Waals surface area contributed by atoms with Crippen LogP contribution in [0.5, 0.6) is 0 Å². The van der Waals surface area contributed by atoms with E-state index in [4.69, 9.17) is 10.1 Å². The molecule has 1 aromatic heterocycles. The van der Waals surface area contributed by atoms with Gasteiger partial charge in [-0.05, 0) is 61.4 Å². The van der Waals surface area contributed by atoms with Gasteiger partial charge in [0.1, 0.15) is 11.6 Å². The monoisotopic (exact) mass is 589 g/mol. The fourth-order valence-electron chi connectivity index (χ4n) is 6.23. The third kappa shape index (κ3) is 6.65. The van der Waals surface area contributed by atoms with Gasteiger partial charge < -0.3 is 20.2 Å². The van der Waals surface area contributed by atoms with Gasteiger partial charge in [-0.25, -0.2) is 9.37 Å². The number of carbonyl (C=O) groups excluding carboxylic acids is 1. The molecule has 3 aliphatic heterocycles. The number of allylic oxidation sites excluding steroid dienone is 1. The van der Waals surface area contributed by atoms with Crippen LogP contribution in [0.25, 0.3) is 22.6 Å². The van der Waals surface area contributed by atoms with Crippen LogP contribution in [0.15, 0.2) is 41.2 Å². The van der Waals surface area contributed by atoms with E-state index in [1.54, 1.807) is 10.6 Å². The van der Waals surface area contributed by atoms with E-state index >= 15 is 4.39 Å². The summed E-state index contributed by atoms with van der Waals surface area (Å²) in [4.78, 5) is 39.6. The van der Waals surface area contributed by atoms with Gasteiger partial charge in [-0.2, -0.15) is 0 Å². The molecule has 0 saturated carbocycles. The van der Waals surface area contributed by atoms with E-state index in [0.29, 0.717) is 42.0 Å². The zero-order chi connectivity index (χ0) is 29.9. The predicted octanol–water partition coefficient (Wildman–Crippen LogP) is 2.17. The van der Waals surface area contributed by atoms with Gasteiger partial charge in [0.05, 0.1) is 29.7 Å². The molecule has 228 valence electrons. The minimum Gasteiger partial charge on any atom is -0.395 e. The van der Waals surface area contributed by atoms with E-state index in [0.717, 1.165) is 82.0 Å². The van der Waals surface area contributed by atoms with Crippen LogP contribution in [-0.2, 0) is 11.3 Å². The Hall–Kier alpha value is -3.64. The SMILES string of the molecule is CN1CCN(c2cc3nc4n(c(=O)c3cc2F)CCC/C4=C\c2ccc(NC(=O)CN3CCN(CCO)CC3)cc2)CC1. The highest BCUT2D eigenvalue weighted by Gasteiger charge is 2.23. The number of halogens is 1. The quantitative estimate of drug-likeness (QED) is 0.433. The minimum absolute atomic E-state index is 0.0502. The van der Waals surface area contributed by atoms with Gasteiger partial charge in [0.25, 0.3) is 5.56 Å². The Labute approximate surface area is 251 Å². The summed E-state index contributed by atoms with van der Waals surface area (Å²) in [6.07, 6.45) is 3.64. The van der Waals surface area contributed by atoms with Crippen molar-refractivity contribution < 1.29 is 14.3 Å². The molecule has 2 N–H and O–H groups in total. The first-order valence-corrected chi connectivity index (χ1v) is 15.2. The van der Waals surface area contributed by atoms with Crippen LogP contribution >= 0.6 is 0 Å². The minimum atomic E-state index is -0.379. The number of fused-ring (bicyclic) bond motifs is 2. The summed E-state index contributed by atoms with van der Waals surface area (Å²) in [7, 11) is 2.06. The Morgan fingerprint density at radius 2 is 1.72 bits per heavy atom. The number of amides is 1. The molecule has 3 aliphatic rings. The van der Waals surface area contributed by atoms with Crippen molar-refractivity contribution in [3.8, 4) is 0 Å². The first-order valence-electron chi connectivity index (χ1n) is 15.2. The third-order valence-corrected chi connectivity index (χ3v) is 8.77. The van der Waals surface area contributed by atoms with E-state index in [2.05, 4.69) is 27.1 Å². The van der Waals surface area contributed by atoms with Crippen molar-refractivity contribution in [1.29, 1.82) is 0 Å². The van der Waals surface area contributed by atoms with Crippen molar-refractivity contribution in [2.75, 3.05) is 89.3 Å². The van der Waals surface area contributed by atoms with Crippen LogP contribution in [0.1, 0.15) is 24.2 Å². The van der Waals surface area contributed by atoms with Gasteiger partial charge in [0.2, 0.25) is 5.91 Å². The Morgan fingerprint density at radius 3 is 2.44 bits per heavy atom. The summed E-state index contributed by atoms with van der Waals surface area (Å²) in [6.45, 7) is 8.21. The molecule has 0 bridgehead atoms. The smallest absolute Gasteiger partial charge is 0.261 e. The van der Waals surface area contributed by atoms with Crippen LogP contribution in [-0.4, -0.2) is 114 Å². The number of piperazine rings is 2. The predicted molar refractivity (Wildman–Crippen MR) is 168 cm³/mol. The lowest BCUT2D eigenvalue weighted by Gasteiger charge is -2.34. The fraction of sp³-hybridized carbons (Fsp3) is 0.469. The maximum Gasteiger partial charge on any atom is 0.261 e. The number of likely N-dealkylation sites (N-methyl/N-ethyl adjacent to an activating group) is 1. The Balaban J connectivity index is 1.17. The van der Waals surface area contributed by atoms with Crippen LogP contribution < -0.4 is 15.8 Å². The number of aromatic nitrogens is 2. The van der Waals surface area contributed by atoms with E-state index in [1.807, 2.05) is 35.2 Å². The van der Waals surface area contributed by atoms with Crippen molar-refractivity contribution in [1.82, 2.24) is 24.3 Å². The molecular weight excluding hydrogens is 549 g/mol. The van der Waals surface area contributed by atoms with Gasteiger partial charge in [0, 0.05) is 71.1 Å². The maximum atomic E-state index is 15.2. The zero-order valence-corrected chi connectivity index (χ0v) is 24.8. The molecule has 0 aliphatic carbocycles. The normalized spacial score (nSPS) is 19.6. The van der Waals surface area contributed by atoms with Gasteiger partial charge in [-0.3, -0.25) is 24.0 Å². The van der Waals surface area contributed by atoms with E-state index in [9.17, 15) is 9.59 Å². The number of anilines is 2. The summed E-state index contributed by atoms with van der Waals surface area (Å²) in [6, 6.07) is 10.8. The molecule has 6 rings (SSSR count). The van der Waals surface area contributed by atoms with E-state index < -0.39 is 0 Å². The average Bonchev–Trinajstić information content (AvgIpc) is 3.00. The van der Waals surface area contributed by atoms with Crippen LogP contribution in [0.2, 0.25) is 0 Å². The molecule has 43 heavy (non-hydrogen) atoms. The number of nitrogens with zero attached hydrogens (tertiary/aromatic N) is 6. The molecule has 0 radical (unpaired) electrons. The topological polar surface area (TPSA) is 97.2 Å². The third-order valence-electron chi connectivity index (χ3n) is 8.77. The summed E-state index contributed by atoms with van der Waals surface area (Å²) in [5.74, 6) is 0.206. The molecule has 2 saturated heterocycles. The average molecular weight is 590 g/mol. The maximum absolute atomic E-state index is 15.2. The lowest BCUT2D eigenvalue weighted by atomic mass is 10.0. The van der Waals surface area contributed by atoms with E-state index in [1.165, 1.54) is 6.07 Å². The number of carbonyl (C=O) groups is 1. The summed E-state index contributed by atoms with van der Waals surface area (Å²) in [5, 5.41) is 12.4. The Morgan fingerprint density at radius 1 is 1.00 bits per heavy atom. The van der Waals surface area contributed by atoms with Crippen molar-refractivity contribution >= 4 is 39.8 Å². The molecule has 11 heteroatoms. The molecular formula is C32H40FN7O3. The fourth-order valence-corrected chi connectivity index (χ4v) is 6.23. The molecule has 2 aromatic carbocycles. The first kappa shape index (κ1) is 29.4. The van der Waals surface area contributed by atoms with E-state index in [-0.39, 0.29) is 23.9 Å². The summed E-state index contributed by atoms with van der Waals surface area (Å²) in [5.41, 5.74) is 3.46. The van der Waals surface area contributed by atoms with Crippen LogP contribution in [0, 0.1) is 5.82 Å². The van der Waals surface area contributed by atoms with Gasteiger partial charge >= 0.3 is 0 Å². The molecule has 2 fully saturated rings. The van der Waals surface area contributed by atoms with Gasteiger partial charge in [0.15, 0.2) is 0 Å². The Kier molecular flexibility index (Phi) is 8.85. The molecule has 4 heterocycles. The van der Waals surface area contributed by atoms with Crippen molar-refractivity contribution in [2.45, 2.75) is 19.4 Å². The lowest BCUT2D eigenvalue weighted by Crippen LogP contribution is -2.49. The summed E-state index contributed by atoms with van der Waals surface area (Å²) < 4.78 is 16.8. The van der Waals surface area contributed by atoms with Crippen LogP contribution in [0.4, 0.5) is 15.8 Å². The molecule has 0 unspecified atom stereocenters. The van der Waals surface area contributed by atoms with Crippen molar-refractivity contribution in [2.24, 2.45) is 0 Å². The number of aliphatic hydroxyl groups excluding tert-OH is 1. The van der Waals surface area contributed by atoms with Gasteiger partial charge in [-0.15, -0.1) is 0 Å². The van der Waals surface area contributed by atoms with Crippen LogP contribution in [0.3, 0.4) is 0 Å². The number of aliphatic hydroxyl groups is 1. The highest BCUT2D eigenvalue weighted by molar-refractivity contribution is 5.92.